The van der Waals surface area contributed by atoms with E-state index in [0.717, 1.165) is 17.8 Å². The smallest absolute Gasteiger partial charge is 0.293 e. The summed E-state index contributed by atoms with van der Waals surface area (Å²) in [5.74, 6) is 0. The summed E-state index contributed by atoms with van der Waals surface area (Å²) < 4.78 is 4.88. The number of hydrogen-bond acceptors (Lipinski definition) is 3. The molecule has 0 fully saturated rings. The zero-order valence-corrected chi connectivity index (χ0v) is 7.91. The van der Waals surface area contributed by atoms with Crippen molar-refractivity contribution in [2.24, 2.45) is 0 Å². The van der Waals surface area contributed by atoms with Gasteiger partial charge in [0.15, 0.2) is 0 Å². The minimum Gasteiger partial charge on any atom is -0.464 e. The summed E-state index contributed by atoms with van der Waals surface area (Å²) in [5, 5.41) is 6.88. The largest absolute Gasteiger partial charge is 0.464 e. The van der Waals surface area contributed by atoms with Crippen molar-refractivity contribution in [1.82, 2.24) is 10.2 Å². The fraction of sp³-hybridized carbons (Fsp3) is 0.556. The van der Waals surface area contributed by atoms with Gasteiger partial charge < -0.3 is 4.74 Å². The van der Waals surface area contributed by atoms with Crippen molar-refractivity contribution in [3.05, 3.63) is 17.5 Å². The first-order chi connectivity index (χ1) is 6.26. The molecule has 0 aliphatic carbocycles. The Bertz CT molecular complexity index is 270. The van der Waals surface area contributed by atoms with Crippen molar-refractivity contribution in [2.45, 2.75) is 32.8 Å². The molecule has 0 aliphatic heterocycles. The molecule has 0 spiro atoms. The Balaban J connectivity index is 2.50. The van der Waals surface area contributed by atoms with Gasteiger partial charge >= 0.3 is 0 Å². The standard InChI is InChI=1S/C9H14N2O2/c1-3-9(13-6-12)5-8-4-7(2)10-11-8/h4,6,9H,3,5H2,1-2H3,(H,10,11). The zero-order valence-electron chi connectivity index (χ0n) is 7.91. The number of nitrogens with zero attached hydrogens (tertiary/aromatic N) is 1. The van der Waals surface area contributed by atoms with E-state index in [1.807, 2.05) is 19.9 Å². The first-order valence-corrected chi connectivity index (χ1v) is 4.36. The third kappa shape index (κ3) is 2.89. The first kappa shape index (κ1) is 9.77. The molecule has 0 saturated heterocycles. The maximum Gasteiger partial charge on any atom is 0.293 e. The van der Waals surface area contributed by atoms with Crippen LogP contribution in [0.5, 0.6) is 0 Å². The van der Waals surface area contributed by atoms with Crippen LogP contribution in [0.4, 0.5) is 0 Å². The van der Waals surface area contributed by atoms with Crippen LogP contribution in [-0.2, 0) is 16.0 Å². The summed E-state index contributed by atoms with van der Waals surface area (Å²) >= 11 is 0. The number of H-pyrrole nitrogens is 1. The quantitative estimate of drug-likeness (QED) is 0.696. The summed E-state index contributed by atoms with van der Waals surface area (Å²) in [5.41, 5.74) is 1.96. The Morgan fingerprint density at radius 1 is 1.77 bits per heavy atom. The number of rotatable bonds is 5. The molecule has 1 aromatic heterocycles. The summed E-state index contributed by atoms with van der Waals surface area (Å²) in [6.07, 6.45) is 1.48. The van der Waals surface area contributed by atoms with Crippen molar-refractivity contribution in [1.29, 1.82) is 0 Å². The van der Waals surface area contributed by atoms with Gasteiger partial charge in [0.05, 0.1) is 5.69 Å². The molecule has 0 aromatic carbocycles. The van der Waals surface area contributed by atoms with Crippen molar-refractivity contribution >= 4 is 6.47 Å². The average Bonchev–Trinajstić information content (AvgIpc) is 2.50. The molecule has 1 N–H and O–H groups in total. The van der Waals surface area contributed by atoms with E-state index >= 15 is 0 Å². The van der Waals surface area contributed by atoms with Gasteiger partial charge in [0, 0.05) is 12.1 Å². The molecular weight excluding hydrogens is 168 g/mol. The lowest BCUT2D eigenvalue weighted by molar-refractivity contribution is -0.133. The van der Waals surface area contributed by atoms with E-state index in [2.05, 4.69) is 10.2 Å². The van der Waals surface area contributed by atoms with Crippen molar-refractivity contribution in [3.8, 4) is 0 Å². The van der Waals surface area contributed by atoms with E-state index in [4.69, 9.17) is 4.74 Å². The molecule has 1 rings (SSSR count). The summed E-state index contributed by atoms with van der Waals surface area (Å²) in [7, 11) is 0. The second-order valence-corrected chi connectivity index (χ2v) is 3.00. The summed E-state index contributed by atoms with van der Waals surface area (Å²) in [6, 6.07) is 1.96. The molecule has 0 radical (unpaired) electrons. The maximum absolute atomic E-state index is 10.1. The minimum atomic E-state index is -0.0441. The van der Waals surface area contributed by atoms with Crippen LogP contribution < -0.4 is 0 Å². The van der Waals surface area contributed by atoms with Gasteiger partial charge in [0.1, 0.15) is 6.10 Å². The molecule has 1 atom stereocenters. The van der Waals surface area contributed by atoms with Gasteiger partial charge in [-0.2, -0.15) is 5.10 Å². The van der Waals surface area contributed by atoms with Gasteiger partial charge in [-0.25, -0.2) is 0 Å². The Kier molecular flexibility index (Phi) is 3.49. The Hall–Kier alpha value is -1.32. The maximum atomic E-state index is 10.1. The molecule has 1 heterocycles. The Morgan fingerprint density at radius 2 is 2.54 bits per heavy atom. The Morgan fingerprint density at radius 3 is 3.00 bits per heavy atom. The highest BCUT2D eigenvalue weighted by atomic mass is 16.5. The number of aromatic amines is 1. The highest BCUT2D eigenvalue weighted by molar-refractivity contribution is 5.37. The molecule has 0 saturated carbocycles. The second kappa shape index (κ2) is 4.64. The van der Waals surface area contributed by atoms with E-state index < -0.39 is 0 Å². The van der Waals surface area contributed by atoms with Crippen LogP contribution >= 0.6 is 0 Å². The lowest BCUT2D eigenvalue weighted by Gasteiger charge is -2.10. The molecule has 4 nitrogen and oxygen atoms in total. The summed E-state index contributed by atoms with van der Waals surface area (Å²) in [6.45, 7) is 4.40. The second-order valence-electron chi connectivity index (χ2n) is 3.00. The third-order valence-corrected chi connectivity index (χ3v) is 1.91. The fourth-order valence-corrected chi connectivity index (χ4v) is 1.19. The van der Waals surface area contributed by atoms with Crippen molar-refractivity contribution in [2.75, 3.05) is 0 Å². The predicted molar refractivity (Wildman–Crippen MR) is 48.3 cm³/mol. The number of nitrogens with one attached hydrogen (secondary N) is 1. The lowest BCUT2D eigenvalue weighted by atomic mass is 10.1. The van der Waals surface area contributed by atoms with Crippen LogP contribution in [0.1, 0.15) is 24.7 Å². The average molecular weight is 182 g/mol. The van der Waals surface area contributed by atoms with Gasteiger partial charge in [-0.3, -0.25) is 9.89 Å². The zero-order chi connectivity index (χ0) is 9.68. The SMILES string of the molecule is CCC(Cc1cc(C)n[nH]1)OC=O. The van der Waals surface area contributed by atoms with Gasteiger partial charge in [0.2, 0.25) is 0 Å². The van der Waals surface area contributed by atoms with Crippen molar-refractivity contribution < 1.29 is 9.53 Å². The van der Waals surface area contributed by atoms with Crippen LogP contribution in [0.2, 0.25) is 0 Å². The molecule has 4 heteroatoms. The highest BCUT2D eigenvalue weighted by Gasteiger charge is 2.08. The molecule has 1 aromatic rings. The van der Waals surface area contributed by atoms with Crippen LogP contribution in [0.15, 0.2) is 6.07 Å². The molecule has 1 unspecified atom stereocenters. The number of carbonyl (C=O) groups excluding carboxylic acids is 1. The number of aromatic nitrogens is 2. The topological polar surface area (TPSA) is 55.0 Å². The minimum absolute atomic E-state index is 0.0441. The normalized spacial score (nSPS) is 12.5. The predicted octanol–water partition coefficient (Wildman–Crippen LogP) is 1.21. The van der Waals surface area contributed by atoms with Crippen LogP contribution in [0, 0.1) is 6.92 Å². The van der Waals surface area contributed by atoms with Crippen molar-refractivity contribution in [3.63, 3.8) is 0 Å². The molecule has 13 heavy (non-hydrogen) atoms. The van der Waals surface area contributed by atoms with E-state index in [9.17, 15) is 4.79 Å². The number of aryl methyl sites for hydroxylation is 1. The Labute approximate surface area is 77.3 Å². The summed E-state index contributed by atoms with van der Waals surface area (Å²) in [4.78, 5) is 10.1. The molecule has 0 bridgehead atoms. The third-order valence-electron chi connectivity index (χ3n) is 1.91. The highest BCUT2D eigenvalue weighted by Crippen LogP contribution is 2.06. The van der Waals surface area contributed by atoms with E-state index in [1.165, 1.54) is 0 Å². The number of hydrogen-bond donors (Lipinski definition) is 1. The van der Waals surface area contributed by atoms with Crippen LogP contribution in [0.25, 0.3) is 0 Å². The van der Waals surface area contributed by atoms with E-state index in [0.29, 0.717) is 12.9 Å². The lowest BCUT2D eigenvalue weighted by Crippen LogP contribution is -2.14. The van der Waals surface area contributed by atoms with Gasteiger partial charge in [-0.05, 0) is 19.4 Å². The van der Waals surface area contributed by atoms with Gasteiger partial charge in [0.25, 0.3) is 6.47 Å². The number of ether oxygens (including phenoxy) is 1. The van der Waals surface area contributed by atoms with Gasteiger partial charge in [-0.15, -0.1) is 0 Å². The molecule has 72 valence electrons. The van der Waals surface area contributed by atoms with E-state index in [-0.39, 0.29) is 6.10 Å². The van der Waals surface area contributed by atoms with E-state index in [1.54, 1.807) is 0 Å². The van der Waals surface area contributed by atoms with Crippen LogP contribution in [0.3, 0.4) is 0 Å². The number of carbonyl (C=O) groups is 1. The fourth-order valence-electron chi connectivity index (χ4n) is 1.19. The van der Waals surface area contributed by atoms with Gasteiger partial charge in [-0.1, -0.05) is 6.92 Å². The van der Waals surface area contributed by atoms with Crippen LogP contribution in [-0.4, -0.2) is 22.8 Å². The molecule has 0 aliphatic rings. The monoisotopic (exact) mass is 182 g/mol. The molecule has 0 amide bonds. The molecular formula is C9H14N2O2. The first-order valence-electron chi connectivity index (χ1n) is 4.36.